The van der Waals surface area contributed by atoms with Crippen LogP contribution in [0.15, 0.2) is 17.8 Å². The monoisotopic (exact) mass is 267 g/mol. The molecule has 0 saturated carbocycles. The molecule has 96 valence electrons. The van der Waals surface area contributed by atoms with Crippen molar-refractivity contribution >= 4 is 28.3 Å². The lowest BCUT2D eigenvalue weighted by Crippen LogP contribution is -2.12. The van der Waals surface area contributed by atoms with Crippen LogP contribution in [0.25, 0.3) is 0 Å². The standard InChI is InChI=1S/C12H13NO4S/c14-11(15)8(12(16)17)6-13-10-5-7-3-1-2-4-9(7)18-10/h5-6,13H,1-4H2,(H,14,15)(H,16,17). The third-order valence-corrected chi connectivity index (χ3v) is 3.98. The summed E-state index contributed by atoms with van der Waals surface area (Å²) in [6.45, 7) is 0. The molecule has 18 heavy (non-hydrogen) atoms. The highest BCUT2D eigenvalue weighted by Gasteiger charge is 2.17. The molecule has 0 fully saturated rings. The lowest BCUT2D eigenvalue weighted by molar-refractivity contribution is -0.140. The molecule has 1 aliphatic carbocycles. The minimum Gasteiger partial charge on any atom is -0.477 e. The second-order valence-corrected chi connectivity index (χ2v) is 5.22. The van der Waals surface area contributed by atoms with E-state index in [9.17, 15) is 9.59 Å². The Balaban J connectivity index is 2.14. The molecule has 3 N–H and O–H groups in total. The first-order chi connectivity index (χ1) is 8.58. The van der Waals surface area contributed by atoms with Gasteiger partial charge in [-0.05, 0) is 37.3 Å². The zero-order valence-electron chi connectivity index (χ0n) is 9.60. The van der Waals surface area contributed by atoms with Crippen LogP contribution in [0.1, 0.15) is 23.3 Å². The number of hydrogen-bond acceptors (Lipinski definition) is 4. The molecular formula is C12H13NO4S. The maximum atomic E-state index is 10.7. The normalized spacial score (nSPS) is 13.6. The quantitative estimate of drug-likeness (QED) is 0.442. The number of anilines is 1. The van der Waals surface area contributed by atoms with E-state index in [0.29, 0.717) is 0 Å². The highest BCUT2D eigenvalue weighted by atomic mass is 32.1. The summed E-state index contributed by atoms with van der Waals surface area (Å²) < 4.78 is 0. The van der Waals surface area contributed by atoms with E-state index in [4.69, 9.17) is 10.2 Å². The molecule has 0 saturated heterocycles. The third-order valence-electron chi connectivity index (χ3n) is 2.82. The molecule has 0 unspecified atom stereocenters. The molecule has 0 radical (unpaired) electrons. The second-order valence-electron chi connectivity index (χ2n) is 4.08. The molecule has 1 heterocycles. The maximum Gasteiger partial charge on any atom is 0.344 e. The van der Waals surface area contributed by atoms with E-state index in [1.165, 1.54) is 23.3 Å². The number of carbonyl (C=O) groups is 2. The summed E-state index contributed by atoms with van der Waals surface area (Å²) in [4.78, 5) is 22.7. The van der Waals surface area contributed by atoms with Gasteiger partial charge in [-0.1, -0.05) is 0 Å². The fourth-order valence-electron chi connectivity index (χ4n) is 1.92. The number of hydrogen-bond donors (Lipinski definition) is 3. The van der Waals surface area contributed by atoms with Gasteiger partial charge in [-0.15, -0.1) is 11.3 Å². The molecule has 0 bridgehead atoms. The molecule has 1 aromatic rings. The predicted molar refractivity (Wildman–Crippen MR) is 67.9 cm³/mol. The molecule has 1 aliphatic rings. The first kappa shape index (κ1) is 12.6. The summed E-state index contributed by atoms with van der Waals surface area (Å²) in [5, 5.41) is 20.9. The van der Waals surface area contributed by atoms with Gasteiger partial charge in [0.1, 0.15) is 0 Å². The van der Waals surface area contributed by atoms with E-state index in [1.54, 1.807) is 11.3 Å². The largest absolute Gasteiger partial charge is 0.477 e. The van der Waals surface area contributed by atoms with Gasteiger partial charge in [0.25, 0.3) is 0 Å². The van der Waals surface area contributed by atoms with E-state index < -0.39 is 17.5 Å². The first-order valence-electron chi connectivity index (χ1n) is 5.63. The Labute approximate surface area is 108 Å². The number of carboxylic acids is 2. The van der Waals surface area contributed by atoms with Gasteiger partial charge in [-0.25, -0.2) is 9.59 Å². The summed E-state index contributed by atoms with van der Waals surface area (Å²) in [5.74, 6) is -2.90. The summed E-state index contributed by atoms with van der Waals surface area (Å²) in [5.41, 5.74) is 0.621. The van der Waals surface area contributed by atoms with Gasteiger partial charge in [0.15, 0.2) is 5.57 Å². The predicted octanol–water partition coefficient (Wildman–Crippen LogP) is 2.09. The number of aryl methyl sites for hydroxylation is 2. The minimum absolute atomic E-state index is 0.665. The van der Waals surface area contributed by atoms with E-state index in [0.717, 1.165) is 24.0 Å². The molecule has 0 atom stereocenters. The van der Waals surface area contributed by atoms with Crippen molar-refractivity contribution in [3.63, 3.8) is 0 Å². The average Bonchev–Trinajstić information content (AvgIpc) is 2.70. The lowest BCUT2D eigenvalue weighted by Gasteiger charge is -2.08. The third kappa shape index (κ3) is 2.70. The van der Waals surface area contributed by atoms with E-state index in [-0.39, 0.29) is 0 Å². The minimum atomic E-state index is -1.45. The van der Waals surface area contributed by atoms with Gasteiger partial charge in [-0.3, -0.25) is 0 Å². The van der Waals surface area contributed by atoms with Crippen molar-refractivity contribution in [2.45, 2.75) is 25.7 Å². The first-order valence-corrected chi connectivity index (χ1v) is 6.44. The van der Waals surface area contributed by atoms with Crippen molar-refractivity contribution in [3.05, 3.63) is 28.3 Å². The topological polar surface area (TPSA) is 86.6 Å². The van der Waals surface area contributed by atoms with E-state index in [2.05, 4.69) is 5.32 Å². The van der Waals surface area contributed by atoms with E-state index in [1.807, 2.05) is 6.07 Å². The summed E-state index contributed by atoms with van der Waals surface area (Å²) in [6.07, 6.45) is 5.48. The number of nitrogens with one attached hydrogen (secondary N) is 1. The number of rotatable bonds is 4. The smallest absolute Gasteiger partial charge is 0.344 e. The van der Waals surface area contributed by atoms with Crippen molar-refractivity contribution in [2.24, 2.45) is 0 Å². The molecule has 6 heteroatoms. The zero-order chi connectivity index (χ0) is 13.1. The number of aliphatic carboxylic acids is 2. The molecule has 0 aromatic carbocycles. The van der Waals surface area contributed by atoms with E-state index >= 15 is 0 Å². The molecule has 1 aromatic heterocycles. The van der Waals surface area contributed by atoms with Crippen LogP contribution in [0, 0.1) is 0 Å². The Kier molecular flexibility index (Phi) is 3.66. The van der Waals surface area contributed by atoms with Gasteiger partial charge >= 0.3 is 11.9 Å². The fraction of sp³-hybridized carbons (Fsp3) is 0.333. The molecular weight excluding hydrogens is 254 g/mol. The van der Waals surface area contributed by atoms with Gasteiger partial charge < -0.3 is 15.5 Å². The van der Waals surface area contributed by atoms with Crippen LogP contribution in [0.3, 0.4) is 0 Å². The Morgan fingerprint density at radius 1 is 1.22 bits per heavy atom. The van der Waals surface area contributed by atoms with Crippen molar-refractivity contribution in [1.29, 1.82) is 0 Å². The maximum absolute atomic E-state index is 10.7. The second kappa shape index (κ2) is 5.22. The van der Waals surface area contributed by atoms with Crippen LogP contribution in [0.4, 0.5) is 5.00 Å². The average molecular weight is 267 g/mol. The highest BCUT2D eigenvalue weighted by molar-refractivity contribution is 7.16. The highest BCUT2D eigenvalue weighted by Crippen LogP contribution is 2.32. The summed E-state index contributed by atoms with van der Waals surface area (Å²) in [6, 6.07) is 1.97. The van der Waals surface area contributed by atoms with Gasteiger partial charge in [0.05, 0.1) is 5.00 Å². The number of thiophene rings is 1. The van der Waals surface area contributed by atoms with Crippen LogP contribution in [-0.2, 0) is 22.4 Å². The van der Waals surface area contributed by atoms with Crippen molar-refractivity contribution in [3.8, 4) is 0 Å². The lowest BCUT2D eigenvalue weighted by atomic mass is 10.00. The SMILES string of the molecule is O=C(O)C(=CNc1cc2c(s1)CCCC2)C(=O)O. The van der Waals surface area contributed by atoms with Crippen molar-refractivity contribution in [2.75, 3.05) is 5.32 Å². The molecule has 2 rings (SSSR count). The molecule has 5 nitrogen and oxygen atoms in total. The van der Waals surface area contributed by atoms with Gasteiger partial charge in [-0.2, -0.15) is 0 Å². The molecule has 0 amide bonds. The Morgan fingerprint density at radius 3 is 2.50 bits per heavy atom. The Hall–Kier alpha value is -1.82. The fourth-order valence-corrected chi connectivity index (χ4v) is 3.04. The Morgan fingerprint density at radius 2 is 1.89 bits per heavy atom. The van der Waals surface area contributed by atoms with Gasteiger partial charge in [0.2, 0.25) is 0 Å². The number of carboxylic acid groups (broad SMARTS) is 2. The molecule has 0 aliphatic heterocycles. The summed E-state index contributed by atoms with van der Waals surface area (Å²) >= 11 is 1.56. The number of fused-ring (bicyclic) bond motifs is 1. The van der Waals surface area contributed by atoms with Gasteiger partial charge in [0, 0.05) is 11.1 Å². The van der Waals surface area contributed by atoms with Crippen LogP contribution in [0.5, 0.6) is 0 Å². The van der Waals surface area contributed by atoms with Crippen LogP contribution in [0.2, 0.25) is 0 Å². The van der Waals surface area contributed by atoms with Crippen LogP contribution in [-0.4, -0.2) is 22.2 Å². The molecule has 0 spiro atoms. The van der Waals surface area contributed by atoms with Crippen LogP contribution < -0.4 is 5.32 Å². The summed E-state index contributed by atoms with van der Waals surface area (Å²) in [7, 11) is 0. The Bertz CT molecular complexity index is 479. The van der Waals surface area contributed by atoms with Crippen molar-refractivity contribution < 1.29 is 19.8 Å². The van der Waals surface area contributed by atoms with Crippen molar-refractivity contribution in [1.82, 2.24) is 0 Å². The van der Waals surface area contributed by atoms with Crippen LogP contribution >= 0.6 is 11.3 Å². The zero-order valence-corrected chi connectivity index (χ0v) is 10.4.